The summed E-state index contributed by atoms with van der Waals surface area (Å²) < 4.78 is 14.9. The van der Waals surface area contributed by atoms with Gasteiger partial charge in [0.2, 0.25) is 0 Å². The molecule has 1 aromatic rings. The molecule has 0 spiro atoms. The molecular weight excluding hydrogens is 361 g/mol. The van der Waals surface area contributed by atoms with E-state index in [-0.39, 0.29) is 11.6 Å². The molecule has 0 saturated heterocycles. The van der Waals surface area contributed by atoms with Crippen LogP contribution in [0.5, 0.6) is 0 Å². The second-order valence-electron chi connectivity index (χ2n) is 7.68. The number of hydrogen-bond acceptors (Lipinski definition) is 2. The van der Waals surface area contributed by atoms with Gasteiger partial charge in [0.05, 0.1) is 0 Å². The van der Waals surface area contributed by atoms with Gasteiger partial charge in [-0.3, -0.25) is 0 Å². The molecule has 0 heterocycles. The van der Waals surface area contributed by atoms with Crippen LogP contribution in [-0.2, 0) is 6.54 Å². The smallest absolute Gasteiger partial charge is 0.127 e. The monoisotopic (exact) mass is 393 g/mol. The summed E-state index contributed by atoms with van der Waals surface area (Å²) in [4.78, 5) is 0. The number of nitrogens with two attached hydrogens (primary N) is 1. The van der Waals surface area contributed by atoms with Crippen LogP contribution in [0.1, 0.15) is 51.7 Å². The van der Waals surface area contributed by atoms with Crippen molar-refractivity contribution in [2.75, 3.05) is 0 Å². The van der Waals surface area contributed by atoms with E-state index in [0.29, 0.717) is 23.6 Å². The molecule has 0 atom stereocenters. The topological polar surface area (TPSA) is 46.2 Å². The Hall–Kier alpha value is -2.65. The highest BCUT2D eigenvalue weighted by atomic mass is 19.1. The van der Waals surface area contributed by atoms with Crippen molar-refractivity contribution in [3.63, 3.8) is 0 Å². The molecule has 1 aromatic carbocycles. The second kappa shape index (κ2) is 9.71. The van der Waals surface area contributed by atoms with Gasteiger partial charge in [-0.05, 0) is 85.9 Å². The summed E-state index contributed by atoms with van der Waals surface area (Å²) in [6.07, 6.45) is 5.63. The first-order chi connectivity index (χ1) is 13.7. The minimum Gasteiger partial charge on any atom is -0.508 e. The molecule has 29 heavy (non-hydrogen) atoms. The number of hydrogen-bond donors (Lipinski definition) is 2. The fourth-order valence-corrected chi connectivity index (χ4v) is 3.42. The Morgan fingerprint density at radius 2 is 1.72 bits per heavy atom. The molecule has 1 saturated carbocycles. The Labute approximate surface area is 174 Å². The van der Waals surface area contributed by atoms with Crippen LogP contribution in [0.2, 0.25) is 0 Å². The van der Waals surface area contributed by atoms with Gasteiger partial charge in [-0.2, -0.15) is 0 Å². The summed E-state index contributed by atoms with van der Waals surface area (Å²) in [6.45, 7) is 15.6. The normalized spacial score (nSPS) is 16.9. The molecule has 0 amide bonds. The first-order valence-electron chi connectivity index (χ1n) is 10.0. The van der Waals surface area contributed by atoms with E-state index >= 15 is 0 Å². The molecule has 2 rings (SSSR count). The van der Waals surface area contributed by atoms with E-state index in [1.807, 2.05) is 51.1 Å². The van der Waals surface area contributed by atoms with Crippen molar-refractivity contribution in [1.29, 1.82) is 0 Å². The number of rotatable bonds is 8. The molecule has 3 N–H and O–H groups in total. The second-order valence-corrected chi connectivity index (χ2v) is 7.68. The van der Waals surface area contributed by atoms with E-state index in [9.17, 15) is 9.50 Å². The summed E-state index contributed by atoms with van der Waals surface area (Å²) >= 11 is 0. The summed E-state index contributed by atoms with van der Waals surface area (Å²) in [5.41, 5.74) is 12.5. The third-order valence-electron chi connectivity index (χ3n) is 5.43. The first kappa shape index (κ1) is 22.6. The Balaban J connectivity index is 2.70. The molecule has 1 aliphatic rings. The van der Waals surface area contributed by atoms with Crippen LogP contribution in [0.4, 0.5) is 4.39 Å². The van der Waals surface area contributed by atoms with Crippen molar-refractivity contribution in [2.24, 2.45) is 11.7 Å². The van der Waals surface area contributed by atoms with Crippen LogP contribution in [-0.4, -0.2) is 5.11 Å². The van der Waals surface area contributed by atoms with Gasteiger partial charge in [0.25, 0.3) is 0 Å². The fraction of sp³-hybridized carbons (Fsp3) is 0.308. The van der Waals surface area contributed by atoms with Crippen molar-refractivity contribution >= 4 is 5.57 Å². The lowest BCUT2D eigenvalue weighted by atomic mass is 9.89. The van der Waals surface area contributed by atoms with Crippen LogP contribution in [0.3, 0.4) is 0 Å². The zero-order valence-electron chi connectivity index (χ0n) is 18.0. The van der Waals surface area contributed by atoms with Crippen molar-refractivity contribution in [2.45, 2.75) is 47.1 Å². The minimum absolute atomic E-state index is 0.00214. The lowest BCUT2D eigenvalue weighted by molar-refractivity contribution is 0.428. The Bertz CT molecular complexity index is 906. The van der Waals surface area contributed by atoms with E-state index < -0.39 is 0 Å². The highest BCUT2D eigenvalue weighted by molar-refractivity contribution is 5.82. The third kappa shape index (κ3) is 5.45. The van der Waals surface area contributed by atoms with Gasteiger partial charge in [-0.15, -0.1) is 0 Å². The van der Waals surface area contributed by atoms with Crippen molar-refractivity contribution in [3.05, 3.63) is 100 Å². The molecule has 154 valence electrons. The lowest BCUT2D eigenvalue weighted by Crippen LogP contribution is -2.00. The van der Waals surface area contributed by atoms with Crippen molar-refractivity contribution in [1.82, 2.24) is 0 Å². The summed E-state index contributed by atoms with van der Waals surface area (Å²) in [6, 6.07) is 7.69. The summed E-state index contributed by atoms with van der Waals surface area (Å²) in [5, 5.41) is 9.98. The first-order valence-corrected chi connectivity index (χ1v) is 10.0. The SMILES string of the molecule is C=C(C)\C(=C/C(=C(C)/C(C)=C(\C(F)=C/C)c1ccc(CN)cc1)C1CC1)C(=C)O. The maximum atomic E-state index is 14.9. The lowest BCUT2D eigenvalue weighted by Gasteiger charge is -2.16. The Kier molecular flexibility index (Phi) is 7.58. The molecule has 0 bridgehead atoms. The highest BCUT2D eigenvalue weighted by Gasteiger charge is 2.28. The van der Waals surface area contributed by atoms with Crippen LogP contribution in [0.15, 0.2) is 89.0 Å². The molecule has 3 heteroatoms. The molecule has 2 nitrogen and oxygen atoms in total. The van der Waals surface area contributed by atoms with Gasteiger partial charge in [-0.25, -0.2) is 4.39 Å². The fourth-order valence-electron chi connectivity index (χ4n) is 3.42. The molecule has 0 unspecified atom stereocenters. The summed E-state index contributed by atoms with van der Waals surface area (Å²) in [5.74, 6) is 0.156. The average molecular weight is 394 g/mol. The van der Waals surface area contributed by atoms with Crippen LogP contribution >= 0.6 is 0 Å². The van der Waals surface area contributed by atoms with E-state index in [1.165, 1.54) is 6.08 Å². The maximum Gasteiger partial charge on any atom is 0.127 e. The largest absolute Gasteiger partial charge is 0.508 e. The third-order valence-corrected chi connectivity index (χ3v) is 5.43. The van der Waals surface area contributed by atoms with Gasteiger partial charge in [0, 0.05) is 17.7 Å². The number of aliphatic hydroxyl groups excluding tert-OH is 1. The van der Waals surface area contributed by atoms with E-state index in [1.54, 1.807) is 6.92 Å². The Morgan fingerprint density at radius 3 is 2.14 bits per heavy atom. The van der Waals surface area contributed by atoms with Gasteiger partial charge >= 0.3 is 0 Å². The van der Waals surface area contributed by atoms with Gasteiger partial charge in [0.15, 0.2) is 0 Å². The number of halogens is 1. The predicted octanol–water partition coefficient (Wildman–Crippen LogP) is 7.09. The highest BCUT2D eigenvalue weighted by Crippen LogP contribution is 2.43. The quantitative estimate of drug-likeness (QED) is 0.366. The van der Waals surface area contributed by atoms with Gasteiger partial charge in [0.1, 0.15) is 11.6 Å². The van der Waals surface area contributed by atoms with Crippen LogP contribution in [0, 0.1) is 5.92 Å². The standard InChI is InChI=1S/C26H32FNO/c1-7-25(27)26(22-10-8-20(15-28)9-11-22)18(5)17(4)24(21-12-13-21)14-23(16(2)3)19(6)29/h7-11,14,21,29H,2,6,12-13,15,28H2,1,3-5H3/b23-14+,24-17-,25-7+,26-18-. The molecule has 1 aliphatic carbocycles. The van der Waals surface area contributed by atoms with Crippen molar-refractivity contribution < 1.29 is 9.50 Å². The maximum absolute atomic E-state index is 14.9. The average Bonchev–Trinajstić information content (AvgIpc) is 3.53. The zero-order chi connectivity index (χ0) is 21.7. The van der Waals surface area contributed by atoms with Crippen LogP contribution < -0.4 is 5.73 Å². The van der Waals surface area contributed by atoms with E-state index in [4.69, 9.17) is 5.73 Å². The molecular formula is C26H32FNO. The van der Waals surface area contributed by atoms with Gasteiger partial charge < -0.3 is 10.8 Å². The van der Waals surface area contributed by atoms with Gasteiger partial charge in [-0.1, -0.05) is 43.5 Å². The Morgan fingerprint density at radius 1 is 1.14 bits per heavy atom. The number of aliphatic hydroxyl groups is 1. The van der Waals surface area contributed by atoms with Crippen LogP contribution in [0.25, 0.3) is 5.57 Å². The van der Waals surface area contributed by atoms with E-state index in [0.717, 1.165) is 46.3 Å². The molecule has 0 aliphatic heterocycles. The van der Waals surface area contributed by atoms with E-state index in [2.05, 4.69) is 13.2 Å². The molecule has 1 fully saturated rings. The molecule has 0 radical (unpaired) electrons. The summed E-state index contributed by atoms with van der Waals surface area (Å²) in [7, 11) is 0. The predicted molar refractivity (Wildman–Crippen MR) is 122 cm³/mol. The molecule has 0 aromatic heterocycles. The van der Waals surface area contributed by atoms with Crippen molar-refractivity contribution in [3.8, 4) is 0 Å². The number of benzene rings is 1. The minimum atomic E-state index is -0.256. The zero-order valence-corrected chi connectivity index (χ0v) is 18.0. The number of allylic oxidation sites excluding steroid dienone is 8.